The lowest BCUT2D eigenvalue weighted by Gasteiger charge is -2.18. The number of ether oxygens (including phenoxy) is 2. The molecule has 0 radical (unpaired) electrons. The number of hydrogen-bond acceptors (Lipinski definition) is 5. The molecule has 106 valence electrons. The Morgan fingerprint density at radius 1 is 1.10 bits per heavy atom. The van der Waals surface area contributed by atoms with Crippen molar-refractivity contribution in [3.8, 4) is 0 Å². The van der Waals surface area contributed by atoms with Crippen LogP contribution < -0.4 is 5.32 Å². The monoisotopic (exact) mass is 275 g/mol. The van der Waals surface area contributed by atoms with Crippen molar-refractivity contribution in [3.05, 3.63) is 47.2 Å². The molecule has 0 fully saturated rings. The van der Waals surface area contributed by atoms with Crippen LogP contribution in [0, 0.1) is 0 Å². The molecule has 0 bridgehead atoms. The smallest absolute Gasteiger partial charge is 0.209 e. The molecule has 5 nitrogen and oxygen atoms in total. The van der Waals surface area contributed by atoms with E-state index in [-0.39, 0.29) is 17.9 Å². The molecule has 0 aromatic heterocycles. The van der Waals surface area contributed by atoms with Gasteiger partial charge in [-0.1, -0.05) is 24.3 Å². The fourth-order valence-corrected chi connectivity index (χ4v) is 2.10. The number of nitrogens with one attached hydrogen (secondary N) is 1. The summed E-state index contributed by atoms with van der Waals surface area (Å²) >= 11 is 0. The first-order valence-corrected chi connectivity index (χ1v) is 6.36. The van der Waals surface area contributed by atoms with Crippen molar-refractivity contribution in [2.75, 3.05) is 20.8 Å². The van der Waals surface area contributed by atoms with Crippen molar-refractivity contribution in [1.29, 1.82) is 0 Å². The second-order valence-corrected chi connectivity index (χ2v) is 4.41. The fourth-order valence-electron chi connectivity index (χ4n) is 2.10. The van der Waals surface area contributed by atoms with Crippen LogP contribution >= 0.6 is 0 Å². The van der Waals surface area contributed by atoms with Crippen LogP contribution in [0.15, 0.2) is 36.0 Å². The lowest BCUT2D eigenvalue weighted by Crippen LogP contribution is -2.29. The van der Waals surface area contributed by atoms with Crippen LogP contribution in [-0.2, 0) is 9.47 Å². The molecule has 1 aliphatic rings. The van der Waals surface area contributed by atoms with Gasteiger partial charge in [0.15, 0.2) is 12.1 Å². The molecule has 0 saturated carbocycles. The summed E-state index contributed by atoms with van der Waals surface area (Å²) in [5.74, 6) is -0.315. The number of ketones is 2. The number of methoxy groups -OCH3 is 2. The first-order valence-electron chi connectivity index (χ1n) is 6.36. The number of benzene rings is 1. The van der Waals surface area contributed by atoms with Gasteiger partial charge >= 0.3 is 0 Å². The molecule has 0 unspecified atom stereocenters. The normalized spacial score (nSPS) is 14.2. The van der Waals surface area contributed by atoms with Crippen LogP contribution in [0.5, 0.6) is 0 Å². The van der Waals surface area contributed by atoms with Crippen molar-refractivity contribution in [2.45, 2.75) is 12.7 Å². The number of rotatable bonds is 6. The minimum atomic E-state index is -0.329. The maximum absolute atomic E-state index is 12.2. The van der Waals surface area contributed by atoms with Crippen molar-refractivity contribution < 1.29 is 19.1 Å². The van der Waals surface area contributed by atoms with Gasteiger partial charge < -0.3 is 14.8 Å². The van der Waals surface area contributed by atoms with Crippen LogP contribution in [0.25, 0.3) is 0 Å². The molecule has 0 saturated heterocycles. The van der Waals surface area contributed by atoms with E-state index in [2.05, 4.69) is 5.32 Å². The zero-order chi connectivity index (χ0) is 14.5. The first kappa shape index (κ1) is 14.4. The standard InChI is InChI=1S/C15H17NO4/c1-19-14(20-2)7-8-16-12-9-13(17)10-5-3-4-6-11(10)15(12)18/h3-6,9,14,16H,7-8H2,1-2H3. The summed E-state index contributed by atoms with van der Waals surface area (Å²) in [7, 11) is 3.11. The highest BCUT2D eigenvalue weighted by molar-refractivity contribution is 6.24. The average molecular weight is 275 g/mol. The minimum absolute atomic E-state index is 0.155. The predicted octanol–water partition coefficient (Wildman–Crippen LogP) is 1.55. The summed E-state index contributed by atoms with van der Waals surface area (Å²) < 4.78 is 10.1. The molecule has 0 atom stereocenters. The third-order valence-corrected chi connectivity index (χ3v) is 3.18. The zero-order valence-electron chi connectivity index (χ0n) is 11.5. The molecule has 0 spiro atoms. The Hall–Kier alpha value is -1.98. The third-order valence-electron chi connectivity index (χ3n) is 3.18. The van der Waals surface area contributed by atoms with E-state index in [9.17, 15) is 9.59 Å². The van der Waals surface area contributed by atoms with E-state index in [4.69, 9.17) is 9.47 Å². The van der Waals surface area contributed by atoms with Gasteiger partial charge in [0.2, 0.25) is 5.78 Å². The second-order valence-electron chi connectivity index (χ2n) is 4.41. The molecular formula is C15H17NO4. The van der Waals surface area contributed by atoms with Crippen LogP contribution in [0.1, 0.15) is 27.1 Å². The highest BCUT2D eigenvalue weighted by Gasteiger charge is 2.24. The highest BCUT2D eigenvalue weighted by atomic mass is 16.7. The van der Waals surface area contributed by atoms with Gasteiger partial charge in [0.1, 0.15) is 0 Å². The lowest BCUT2D eigenvalue weighted by molar-refractivity contribution is -0.105. The van der Waals surface area contributed by atoms with Crippen LogP contribution in [0.3, 0.4) is 0 Å². The van der Waals surface area contributed by atoms with Gasteiger partial charge in [-0.2, -0.15) is 0 Å². The summed E-state index contributed by atoms with van der Waals surface area (Å²) in [6, 6.07) is 6.82. The number of carbonyl (C=O) groups is 2. The average Bonchev–Trinajstić information content (AvgIpc) is 2.48. The summed E-state index contributed by atoms with van der Waals surface area (Å²) in [4.78, 5) is 24.2. The predicted molar refractivity (Wildman–Crippen MR) is 73.6 cm³/mol. The van der Waals surface area contributed by atoms with Gasteiger partial charge in [-0.05, 0) is 0 Å². The summed E-state index contributed by atoms with van der Waals surface area (Å²) in [6.07, 6.45) is 1.59. The van der Waals surface area contributed by atoms with Crippen LogP contribution in [-0.4, -0.2) is 38.6 Å². The van der Waals surface area contributed by atoms with Crippen molar-refractivity contribution in [1.82, 2.24) is 5.32 Å². The Morgan fingerprint density at radius 3 is 2.40 bits per heavy atom. The maximum Gasteiger partial charge on any atom is 0.209 e. The maximum atomic E-state index is 12.2. The second kappa shape index (κ2) is 6.45. The Balaban J connectivity index is 2.04. The summed E-state index contributed by atoms with van der Waals surface area (Å²) in [5, 5.41) is 2.97. The number of fused-ring (bicyclic) bond motifs is 1. The largest absolute Gasteiger partial charge is 0.382 e. The van der Waals surface area contributed by atoms with Gasteiger partial charge in [-0.15, -0.1) is 0 Å². The summed E-state index contributed by atoms with van der Waals surface area (Å²) in [6.45, 7) is 0.485. The molecule has 5 heteroatoms. The number of hydrogen-bond donors (Lipinski definition) is 1. The molecule has 1 aliphatic carbocycles. The van der Waals surface area contributed by atoms with E-state index >= 15 is 0 Å². The molecule has 1 N–H and O–H groups in total. The van der Waals surface area contributed by atoms with E-state index in [0.717, 1.165) is 0 Å². The minimum Gasteiger partial charge on any atom is -0.382 e. The molecule has 2 rings (SSSR count). The third kappa shape index (κ3) is 2.95. The van der Waals surface area contributed by atoms with E-state index in [1.165, 1.54) is 6.08 Å². The fraction of sp³-hybridized carbons (Fsp3) is 0.333. The quantitative estimate of drug-likeness (QED) is 0.798. The van der Waals surface area contributed by atoms with Crippen molar-refractivity contribution in [3.63, 3.8) is 0 Å². The van der Waals surface area contributed by atoms with E-state index < -0.39 is 0 Å². The molecule has 0 heterocycles. The van der Waals surface area contributed by atoms with Gasteiger partial charge in [0.05, 0.1) is 5.70 Å². The van der Waals surface area contributed by atoms with E-state index in [1.54, 1.807) is 38.5 Å². The van der Waals surface area contributed by atoms with Crippen molar-refractivity contribution in [2.24, 2.45) is 0 Å². The highest BCUT2D eigenvalue weighted by Crippen LogP contribution is 2.19. The topological polar surface area (TPSA) is 64.6 Å². The van der Waals surface area contributed by atoms with Gasteiger partial charge in [0.25, 0.3) is 0 Å². The molecule has 20 heavy (non-hydrogen) atoms. The number of carbonyl (C=O) groups excluding carboxylic acids is 2. The van der Waals surface area contributed by atoms with Crippen molar-refractivity contribution >= 4 is 11.6 Å². The Morgan fingerprint density at radius 2 is 1.75 bits per heavy atom. The van der Waals surface area contributed by atoms with Crippen LogP contribution in [0.4, 0.5) is 0 Å². The Labute approximate surface area is 117 Å². The molecule has 0 amide bonds. The lowest BCUT2D eigenvalue weighted by atomic mass is 9.93. The van der Waals surface area contributed by atoms with E-state index in [0.29, 0.717) is 29.8 Å². The SMILES string of the molecule is COC(CCNC1=CC(=O)c2ccccc2C1=O)OC. The van der Waals surface area contributed by atoms with Gasteiger partial charge in [-0.25, -0.2) is 0 Å². The Kier molecular flexibility index (Phi) is 4.65. The van der Waals surface area contributed by atoms with Gasteiger partial charge in [-0.3, -0.25) is 9.59 Å². The molecule has 1 aromatic rings. The van der Waals surface area contributed by atoms with E-state index in [1.807, 2.05) is 0 Å². The summed E-state index contributed by atoms with van der Waals surface area (Å²) in [5.41, 5.74) is 1.21. The Bertz CT molecular complexity index is 547. The number of allylic oxidation sites excluding steroid dienone is 2. The molecule has 0 aliphatic heterocycles. The van der Waals surface area contributed by atoms with Gasteiger partial charge in [0, 0.05) is 44.4 Å². The molecular weight excluding hydrogens is 258 g/mol. The zero-order valence-corrected chi connectivity index (χ0v) is 11.5. The molecule has 1 aromatic carbocycles. The first-order chi connectivity index (χ1) is 9.67. The van der Waals surface area contributed by atoms with Crippen LogP contribution in [0.2, 0.25) is 0 Å². The number of Topliss-reactive ketones (excluding diaryl/α,β-unsaturated/α-hetero) is 1.